The number of nitrogens with zero attached hydrogens (tertiary/aromatic N) is 1. The van der Waals surface area contributed by atoms with Crippen LogP contribution >= 0.6 is 0 Å². The van der Waals surface area contributed by atoms with Crippen LogP contribution in [0.25, 0.3) is 0 Å². The molecule has 0 saturated carbocycles. The number of rotatable bonds is 2. The van der Waals surface area contributed by atoms with Gasteiger partial charge in [0.15, 0.2) is 0 Å². The lowest BCUT2D eigenvalue weighted by atomic mass is 9.95. The zero-order valence-corrected chi connectivity index (χ0v) is 9.75. The molecule has 88 valence electrons. The van der Waals surface area contributed by atoms with Crippen molar-refractivity contribution in [3.05, 3.63) is 27.3 Å². The lowest BCUT2D eigenvalue weighted by molar-refractivity contribution is 0.346. The Kier molecular flexibility index (Phi) is 3.01. The first-order valence-corrected chi connectivity index (χ1v) is 5.61. The monoisotopic (exact) mass is 223 g/mol. The smallest absolute Gasteiger partial charge is 0.344 e. The molecule has 1 aliphatic carbocycles. The Morgan fingerprint density at radius 3 is 2.69 bits per heavy atom. The van der Waals surface area contributed by atoms with Crippen LogP contribution in [0.1, 0.15) is 29.7 Å². The first kappa shape index (κ1) is 11.2. The van der Waals surface area contributed by atoms with Crippen LogP contribution in [0.15, 0.2) is 9.21 Å². The highest BCUT2D eigenvalue weighted by atomic mass is 16.4. The molecule has 1 heterocycles. The molecule has 1 aliphatic rings. The second-order valence-electron chi connectivity index (χ2n) is 4.56. The van der Waals surface area contributed by atoms with E-state index in [2.05, 4.69) is 0 Å². The Hall–Kier alpha value is -1.29. The quantitative estimate of drug-likeness (QED) is 0.820. The maximum atomic E-state index is 11.7. The summed E-state index contributed by atoms with van der Waals surface area (Å²) in [7, 11) is 3.72. The first-order chi connectivity index (χ1) is 7.59. The molecular formula is C12H17NO3. The summed E-state index contributed by atoms with van der Waals surface area (Å²) >= 11 is 0. The fraction of sp³-hybridized carbons (Fsp3) is 0.583. The standard InChI is InChI=1S/C12H17NO3/c1-13(2)7-9-11(14)8-5-3-4-6-10(8)16-12(9)15/h14H,3-7H2,1-2H3. The SMILES string of the molecule is CN(C)Cc1c(O)c2c(oc1=O)CCCC2. The van der Waals surface area contributed by atoms with Gasteiger partial charge in [0.1, 0.15) is 11.5 Å². The van der Waals surface area contributed by atoms with E-state index in [1.165, 1.54) is 0 Å². The van der Waals surface area contributed by atoms with Crippen LogP contribution in [0.2, 0.25) is 0 Å². The van der Waals surface area contributed by atoms with Gasteiger partial charge in [-0.05, 0) is 33.4 Å². The van der Waals surface area contributed by atoms with Gasteiger partial charge < -0.3 is 14.4 Å². The van der Waals surface area contributed by atoms with E-state index in [1.807, 2.05) is 19.0 Å². The summed E-state index contributed by atoms with van der Waals surface area (Å²) in [5, 5.41) is 10.1. The van der Waals surface area contributed by atoms with Crippen molar-refractivity contribution in [2.24, 2.45) is 0 Å². The molecule has 0 radical (unpaired) electrons. The van der Waals surface area contributed by atoms with Gasteiger partial charge in [0.25, 0.3) is 0 Å². The van der Waals surface area contributed by atoms with E-state index < -0.39 is 5.63 Å². The van der Waals surface area contributed by atoms with Crippen molar-refractivity contribution in [1.29, 1.82) is 0 Å². The topological polar surface area (TPSA) is 53.7 Å². The first-order valence-electron chi connectivity index (χ1n) is 5.61. The van der Waals surface area contributed by atoms with Gasteiger partial charge in [-0.2, -0.15) is 0 Å². The highest BCUT2D eigenvalue weighted by molar-refractivity contribution is 5.41. The van der Waals surface area contributed by atoms with Crippen molar-refractivity contribution in [3.63, 3.8) is 0 Å². The molecular weight excluding hydrogens is 206 g/mol. The Bertz CT molecular complexity index is 448. The number of aryl methyl sites for hydroxylation is 1. The molecule has 1 N–H and O–H groups in total. The van der Waals surface area contributed by atoms with Crippen molar-refractivity contribution >= 4 is 0 Å². The van der Waals surface area contributed by atoms with Crippen LogP contribution in [0.3, 0.4) is 0 Å². The van der Waals surface area contributed by atoms with E-state index >= 15 is 0 Å². The third kappa shape index (κ3) is 1.97. The molecule has 0 atom stereocenters. The number of hydrogen-bond donors (Lipinski definition) is 1. The molecule has 0 aliphatic heterocycles. The summed E-state index contributed by atoms with van der Waals surface area (Å²) in [5.41, 5.74) is 0.820. The molecule has 0 bridgehead atoms. The maximum Gasteiger partial charge on any atom is 0.344 e. The average Bonchev–Trinajstić information content (AvgIpc) is 2.24. The van der Waals surface area contributed by atoms with Crippen molar-refractivity contribution in [2.45, 2.75) is 32.2 Å². The molecule has 2 rings (SSSR count). The van der Waals surface area contributed by atoms with Crippen molar-refractivity contribution in [2.75, 3.05) is 14.1 Å². The molecule has 4 nitrogen and oxygen atoms in total. The third-order valence-corrected chi connectivity index (χ3v) is 2.93. The van der Waals surface area contributed by atoms with Gasteiger partial charge in [0, 0.05) is 18.5 Å². The summed E-state index contributed by atoms with van der Waals surface area (Å²) in [6, 6.07) is 0. The van der Waals surface area contributed by atoms with Crippen LogP contribution in [-0.2, 0) is 19.4 Å². The molecule has 0 spiro atoms. The average molecular weight is 223 g/mol. The lowest BCUT2D eigenvalue weighted by Gasteiger charge is -2.18. The van der Waals surface area contributed by atoms with Crippen molar-refractivity contribution in [3.8, 4) is 5.75 Å². The fourth-order valence-electron chi connectivity index (χ4n) is 2.15. The molecule has 0 fully saturated rings. The predicted molar refractivity (Wildman–Crippen MR) is 60.7 cm³/mol. The van der Waals surface area contributed by atoms with Crippen LogP contribution < -0.4 is 5.63 Å². The molecule has 1 aromatic rings. The molecule has 0 aromatic carbocycles. The fourth-order valence-corrected chi connectivity index (χ4v) is 2.15. The normalized spacial score (nSPS) is 15.2. The summed E-state index contributed by atoms with van der Waals surface area (Å²) in [6.07, 6.45) is 3.66. The summed E-state index contributed by atoms with van der Waals surface area (Å²) in [5.74, 6) is 0.830. The van der Waals surface area contributed by atoms with E-state index in [0.29, 0.717) is 17.9 Å². The summed E-state index contributed by atoms with van der Waals surface area (Å²) in [4.78, 5) is 13.5. The molecule has 1 aromatic heterocycles. The van der Waals surface area contributed by atoms with Crippen LogP contribution in [-0.4, -0.2) is 24.1 Å². The molecule has 0 saturated heterocycles. The number of aromatic hydroxyl groups is 1. The Morgan fingerprint density at radius 2 is 2.00 bits per heavy atom. The third-order valence-electron chi connectivity index (χ3n) is 2.93. The van der Waals surface area contributed by atoms with Gasteiger partial charge in [-0.25, -0.2) is 4.79 Å². The predicted octanol–water partition coefficient (Wildman–Crippen LogP) is 1.29. The van der Waals surface area contributed by atoms with E-state index in [4.69, 9.17) is 4.42 Å². The Balaban J connectivity index is 2.50. The van der Waals surface area contributed by atoms with Crippen LogP contribution in [0, 0.1) is 0 Å². The van der Waals surface area contributed by atoms with E-state index in [9.17, 15) is 9.90 Å². The van der Waals surface area contributed by atoms with E-state index in [0.717, 1.165) is 31.2 Å². The van der Waals surface area contributed by atoms with Crippen molar-refractivity contribution < 1.29 is 9.52 Å². The Labute approximate surface area is 94.5 Å². The van der Waals surface area contributed by atoms with Crippen molar-refractivity contribution in [1.82, 2.24) is 4.90 Å². The molecule has 4 heteroatoms. The molecule has 0 amide bonds. The van der Waals surface area contributed by atoms with Gasteiger partial charge in [-0.15, -0.1) is 0 Å². The van der Waals surface area contributed by atoms with Crippen LogP contribution in [0.5, 0.6) is 5.75 Å². The number of hydrogen-bond acceptors (Lipinski definition) is 4. The minimum Gasteiger partial charge on any atom is -0.507 e. The molecule has 0 unspecified atom stereocenters. The maximum absolute atomic E-state index is 11.7. The van der Waals surface area contributed by atoms with Gasteiger partial charge in [0.05, 0.1) is 5.56 Å². The molecule has 16 heavy (non-hydrogen) atoms. The highest BCUT2D eigenvalue weighted by Gasteiger charge is 2.21. The second kappa shape index (κ2) is 4.29. The van der Waals surface area contributed by atoms with Gasteiger partial charge in [-0.3, -0.25) is 0 Å². The summed E-state index contributed by atoms with van der Waals surface area (Å²) in [6.45, 7) is 0.418. The Morgan fingerprint density at radius 1 is 1.31 bits per heavy atom. The zero-order chi connectivity index (χ0) is 11.7. The van der Waals surface area contributed by atoms with Gasteiger partial charge in [-0.1, -0.05) is 0 Å². The number of fused-ring (bicyclic) bond motifs is 1. The zero-order valence-electron chi connectivity index (χ0n) is 9.75. The summed E-state index contributed by atoms with van der Waals surface area (Å²) < 4.78 is 5.27. The second-order valence-corrected chi connectivity index (χ2v) is 4.56. The van der Waals surface area contributed by atoms with Crippen LogP contribution in [0.4, 0.5) is 0 Å². The largest absolute Gasteiger partial charge is 0.507 e. The lowest BCUT2D eigenvalue weighted by Crippen LogP contribution is -2.20. The van der Waals surface area contributed by atoms with Gasteiger partial charge >= 0.3 is 5.63 Å². The highest BCUT2D eigenvalue weighted by Crippen LogP contribution is 2.30. The van der Waals surface area contributed by atoms with E-state index in [-0.39, 0.29) is 5.75 Å². The minimum absolute atomic E-state index is 0.152. The van der Waals surface area contributed by atoms with Gasteiger partial charge in [0.2, 0.25) is 0 Å². The van der Waals surface area contributed by atoms with E-state index in [1.54, 1.807) is 0 Å². The minimum atomic E-state index is -0.396.